The summed E-state index contributed by atoms with van der Waals surface area (Å²) < 4.78 is 8.40. The Morgan fingerprint density at radius 3 is 3.04 bits per heavy atom. The summed E-state index contributed by atoms with van der Waals surface area (Å²) >= 11 is 0. The van der Waals surface area contributed by atoms with Crippen LogP contribution in [0.25, 0.3) is 16.6 Å². The van der Waals surface area contributed by atoms with Crippen LogP contribution in [0.1, 0.15) is 18.4 Å². The molecule has 0 unspecified atom stereocenters. The molecule has 4 aromatic rings. The Hall–Kier alpha value is -3.42. The molecule has 0 spiro atoms. The summed E-state index contributed by atoms with van der Waals surface area (Å²) in [6, 6.07) is 7.23. The number of amides is 1. The van der Waals surface area contributed by atoms with Crippen molar-refractivity contribution in [1.82, 2.24) is 24.5 Å². The normalized spacial score (nSPS) is 11.2. The fourth-order valence-electron chi connectivity index (χ4n) is 2.87. The third kappa shape index (κ3) is 3.08. The molecule has 8 nitrogen and oxygen atoms in total. The second-order valence-corrected chi connectivity index (χ2v) is 5.97. The number of carbonyl (C=O) groups is 1. The highest BCUT2D eigenvalue weighted by molar-refractivity contribution is 5.81. The number of aromatic nitrogens is 4. The molecule has 4 heterocycles. The van der Waals surface area contributed by atoms with E-state index in [0.717, 1.165) is 11.1 Å². The van der Waals surface area contributed by atoms with E-state index >= 15 is 0 Å². The minimum atomic E-state index is -0.199. The van der Waals surface area contributed by atoms with Crippen molar-refractivity contribution in [2.45, 2.75) is 25.9 Å². The number of aryl methyl sites for hydroxylation is 1. The van der Waals surface area contributed by atoms with Crippen LogP contribution in [0.5, 0.6) is 0 Å². The molecule has 4 aromatic heterocycles. The van der Waals surface area contributed by atoms with Gasteiger partial charge in [0.05, 0.1) is 11.8 Å². The second kappa shape index (κ2) is 6.83. The predicted molar refractivity (Wildman–Crippen MR) is 94.5 cm³/mol. The van der Waals surface area contributed by atoms with Gasteiger partial charge in [0.15, 0.2) is 5.58 Å². The Morgan fingerprint density at radius 2 is 2.19 bits per heavy atom. The number of fused-ring (bicyclic) bond motifs is 3. The van der Waals surface area contributed by atoms with Crippen LogP contribution >= 0.6 is 0 Å². The van der Waals surface area contributed by atoms with Gasteiger partial charge in [0.1, 0.15) is 11.8 Å². The maximum atomic E-state index is 12.5. The standard InChI is InChI=1S/C18H17N5O3/c24-17(20-11-13-3-1-6-19-10-13)4-2-7-23-18(25)15-9-16-14(5-8-26-16)22(15)12-21-23/h1,3,5-6,8-10,12H,2,4,7,11H2,(H,20,24). The summed E-state index contributed by atoms with van der Waals surface area (Å²) in [4.78, 5) is 28.4. The fourth-order valence-corrected chi connectivity index (χ4v) is 2.87. The molecule has 0 atom stereocenters. The highest BCUT2D eigenvalue weighted by atomic mass is 16.3. The molecule has 0 aliphatic rings. The molecule has 8 heteroatoms. The van der Waals surface area contributed by atoms with Gasteiger partial charge in [0.2, 0.25) is 5.91 Å². The van der Waals surface area contributed by atoms with Gasteiger partial charge in [0.25, 0.3) is 5.56 Å². The summed E-state index contributed by atoms with van der Waals surface area (Å²) in [6.45, 7) is 0.822. The molecule has 26 heavy (non-hydrogen) atoms. The topological polar surface area (TPSA) is 94.4 Å². The van der Waals surface area contributed by atoms with Crippen LogP contribution in [0.4, 0.5) is 0 Å². The molecule has 0 radical (unpaired) electrons. The summed E-state index contributed by atoms with van der Waals surface area (Å²) in [6.07, 6.45) is 7.42. The van der Waals surface area contributed by atoms with Crippen LogP contribution in [-0.2, 0) is 17.9 Å². The largest absolute Gasteiger partial charge is 0.463 e. The lowest BCUT2D eigenvalue weighted by Crippen LogP contribution is -2.26. The number of carbonyl (C=O) groups excluding carboxylic acids is 1. The van der Waals surface area contributed by atoms with Crippen molar-refractivity contribution < 1.29 is 9.21 Å². The van der Waals surface area contributed by atoms with E-state index in [2.05, 4.69) is 15.4 Å². The molecule has 0 aromatic carbocycles. The van der Waals surface area contributed by atoms with Crippen molar-refractivity contribution in [1.29, 1.82) is 0 Å². The highest BCUT2D eigenvalue weighted by Crippen LogP contribution is 2.18. The van der Waals surface area contributed by atoms with Crippen LogP contribution in [0.15, 0.2) is 58.5 Å². The molecule has 0 bridgehead atoms. The van der Waals surface area contributed by atoms with E-state index in [4.69, 9.17) is 4.42 Å². The Balaban J connectivity index is 1.36. The molecule has 132 valence electrons. The third-order valence-corrected chi connectivity index (χ3v) is 4.21. The predicted octanol–water partition coefficient (Wildman–Crippen LogP) is 1.73. The van der Waals surface area contributed by atoms with Crippen LogP contribution in [0.3, 0.4) is 0 Å². The van der Waals surface area contributed by atoms with Gasteiger partial charge in [-0.3, -0.25) is 19.0 Å². The zero-order valence-corrected chi connectivity index (χ0v) is 14.0. The van der Waals surface area contributed by atoms with Gasteiger partial charge in [-0.2, -0.15) is 5.10 Å². The van der Waals surface area contributed by atoms with Crippen molar-refractivity contribution in [2.75, 3.05) is 0 Å². The van der Waals surface area contributed by atoms with E-state index in [1.54, 1.807) is 41.5 Å². The fraction of sp³-hybridized carbons (Fsp3) is 0.222. The van der Waals surface area contributed by atoms with Gasteiger partial charge < -0.3 is 9.73 Å². The first kappa shape index (κ1) is 16.1. The lowest BCUT2D eigenvalue weighted by molar-refractivity contribution is -0.121. The molecule has 1 N–H and O–H groups in total. The summed E-state index contributed by atoms with van der Waals surface area (Å²) in [5.41, 5.74) is 2.72. The lowest BCUT2D eigenvalue weighted by atomic mass is 10.2. The van der Waals surface area contributed by atoms with Crippen molar-refractivity contribution in [3.8, 4) is 0 Å². The molecule has 0 aliphatic heterocycles. The minimum Gasteiger partial charge on any atom is -0.463 e. The quantitative estimate of drug-likeness (QED) is 0.571. The first-order valence-corrected chi connectivity index (χ1v) is 8.32. The van der Waals surface area contributed by atoms with Crippen LogP contribution in [0.2, 0.25) is 0 Å². The minimum absolute atomic E-state index is 0.0665. The van der Waals surface area contributed by atoms with Gasteiger partial charge in [-0.05, 0) is 18.1 Å². The number of hydrogen-bond acceptors (Lipinski definition) is 5. The Labute approximate surface area is 148 Å². The average Bonchev–Trinajstić information content (AvgIpc) is 3.25. The monoisotopic (exact) mass is 351 g/mol. The number of pyridine rings is 1. The second-order valence-electron chi connectivity index (χ2n) is 5.97. The van der Waals surface area contributed by atoms with Crippen molar-refractivity contribution in [3.05, 3.63) is 65.2 Å². The van der Waals surface area contributed by atoms with Gasteiger partial charge in [-0.1, -0.05) is 6.07 Å². The Bertz CT molecular complexity index is 1110. The number of nitrogens with zero attached hydrogens (tertiary/aromatic N) is 4. The van der Waals surface area contributed by atoms with Gasteiger partial charge in [0, 0.05) is 44.0 Å². The van der Waals surface area contributed by atoms with Crippen LogP contribution in [-0.4, -0.2) is 25.1 Å². The Morgan fingerprint density at radius 1 is 1.27 bits per heavy atom. The molecule has 0 fully saturated rings. The summed E-state index contributed by atoms with van der Waals surface area (Å²) in [5.74, 6) is -0.0665. The zero-order chi connectivity index (χ0) is 17.9. The molecule has 4 rings (SSSR count). The highest BCUT2D eigenvalue weighted by Gasteiger charge is 2.11. The zero-order valence-electron chi connectivity index (χ0n) is 14.0. The molecular weight excluding hydrogens is 334 g/mol. The number of nitrogens with one attached hydrogen (secondary N) is 1. The number of furan rings is 1. The van der Waals surface area contributed by atoms with Gasteiger partial charge in [-0.15, -0.1) is 0 Å². The molecule has 0 saturated heterocycles. The van der Waals surface area contributed by atoms with E-state index < -0.39 is 0 Å². The maximum absolute atomic E-state index is 12.5. The van der Waals surface area contributed by atoms with E-state index in [0.29, 0.717) is 37.0 Å². The molecule has 0 saturated carbocycles. The van der Waals surface area contributed by atoms with Gasteiger partial charge in [-0.25, -0.2) is 4.68 Å². The van der Waals surface area contributed by atoms with E-state index in [-0.39, 0.29) is 11.5 Å². The first-order chi connectivity index (χ1) is 12.7. The Kier molecular flexibility index (Phi) is 4.22. The van der Waals surface area contributed by atoms with E-state index in [9.17, 15) is 9.59 Å². The summed E-state index contributed by atoms with van der Waals surface area (Å²) in [7, 11) is 0. The summed E-state index contributed by atoms with van der Waals surface area (Å²) in [5, 5.41) is 7.02. The number of rotatable bonds is 6. The first-order valence-electron chi connectivity index (χ1n) is 8.32. The number of hydrogen-bond donors (Lipinski definition) is 1. The average molecular weight is 351 g/mol. The van der Waals surface area contributed by atoms with Crippen molar-refractivity contribution in [3.63, 3.8) is 0 Å². The SMILES string of the molecule is O=C(CCCn1ncn2c(cc3occc32)c1=O)NCc1cccnc1. The smallest absolute Gasteiger partial charge is 0.291 e. The van der Waals surface area contributed by atoms with Crippen LogP contribution in [0, 0.1) is 0 Å². The molecule has 0 aliphatic carbocycles. The van der Waals surface area contributed by atoms with E-state index in [1.807, 2.05) is 12.1 Å². The molecular formula is C18H17N5O3. The third-order valence-electron chi connectivity index (χ3n) is 4.21. The van der Waals surface area contributed by atoms with E-state index in [1.165, 1.54) is 4.68 Å². The van der Waals surface area contributed by atoms with Crippen molar-refractivity contribution in [2.24, 2.45) is 0 Å². The maximum Gasteiger partial charge on any atom is 0.291 e. The lowest BCUT2D eigenvalue weighted by Gasteiger charge is -2.06. The van der Waals surface area contributed by atoms with Gasteiger partial charge >= 0.3 is 0 Å². The molecule has 1 amide bonds. The van der Waals surface area contributed by atoms with Crippen molar-refractivity contribution >= 4 is 22.5 Å². The van der Waals surface area contributed by atoms with Crippen LogP contribution < -0.4 is 10.9 Å².